The van der Waals surface area contributed by atoms with Gasteiger partial charge in [-0.15, -0.1) is 11.3 Å². The molecule has 0 aliphatic carbocycles. The van der Waals surface area contributed by atoms with Gasteiger partial charge in [-0.1, -0.05) is 13.0 Å². The third-order valence-electron chi connectivity index (χ3n) is 4.65. The van der Waals surface area contributed by atoms with Crippen LogP contribution in [-0.4, -0.2) is 31.0 Å². The first-order valence-electron chi connectivity index (χ1n) is 8.71. The van der Waals surface area contributed by atoms with E-state index in [0.29, 0.717) is 6.61 Å². The highest BCUT2D eigenvalue weighted by molar-refractivity contribution is 7.12. The fraction of sp³-hybridized carbons (Fsp3) is 0.450. The molecule has 0 saturated carbocycles. The van der Waals surface area contributed by atoms with Gasteiger partial charge in [0.2, 0.25) is 0 Å². The number of benzene rings is 1. The minimum Gasteiger partial charge on any atom is -0.493 e. The van der Waals surface area contributed by atoms with Crippen LogP contribution in [-0.2, 0) is 6.61 Å². The SMILES string of the molecule is COc1cc(C)ccc1OCc1csc(C(=O)N2CCC(C)CC2)c1. The molecule has 134 valence electrons. The van der Waals surface area contributed by atoms with Gasteiger partial charge in [-0.2, -0.15) is 0 Å². The molecule has 0 N–H and O–H groups in total. The van der Waals surface area contributed by atoms with E-state index in [-0.39, 0.29) is 5.91 Å². The smallest absolute Gasteiger partial charge is 0.263 e. The van der Waals surface area contributed by atoms with Crippen molar-refractivity contribution < 1.29 is 14.3 Å². The number of carbonyl (C=O) groups is 1. The molecule has 0 radical (unpaired) electrons. The zero-order valence-corrected chi connectivity index (χ0v) is 15.9. The third kappa shape index (κ3) is 4.34. The van der Waals surface area contributed by atoms with Gasteiger partial charge in [0, 0.05) is 18.7 Å². The summed E-state index contributed by atoms with van der Waals surface area (Å²) >= 11 is 1.50. The molecule has 1 aliphatic heterocycles. The molecule has 0 unspecified atom stereocenters. The van der Waals surface area contributed by atoms with Gasteiger partial charge in [-0.3, -0.25) is 4.79 Å². The van der Waals surface area contributed by atoms with E-state index in [2.05, 4.69) is 6.92 Å². The van der Waals surface area contributed by atoms with Crippen LogP contribution in [0.15, 0.2) is 29.6 Å². The molecule has 1 fully saturated rings. The minimum atomic E-state index is 0.149. The average molecular weight is 359 g/mol. The van der Waals surface area contributed by atoms with E-state index in [0.717, 1.165) is 59.4 Å². The number of hydrogen-bond donors (Lipinski definition) is 0. The van der Waals surface area contributed by atoms with Gasteiger partial charge < -0.3 is 14.4 Å². The first-order chi connectivity index (χ1) is 12.1. The van der Waals surface area contributed by atoms with Gasteiger partial charge in [0.1, 0.15) is 6.61 Å². The van der Waals surface area contributed by atoms with E-state index < -0.39 is 0 Å². The van der Waals surface area contributed by atoms with E-state index in [1.165, 1.54) is 11.3 Å². The van der Waals surface area contributed by atoms with Crippen LogP contribution in [0.3, 0.4) is 0 Å². The van der Waals surface area contributed by atoms with Crippen molar-refractivity contribution in [3.8, 4) is 11.5 Å². The van der Waals surface area contributed by atoms with Crippen molar-refractivity contribution in [2.75, 3.05) is 20.2 Å². The van der Waals surface area contributed by atoms with E-state index in [1.807, 2.05) is 41.5 Å². The Morgan fingerprint density at radius 1 is 1.24 bits per heavy atom. The zero-order chi connectivity index (χ0) is 17.8. The highest BCUT2D eigenvalue weighted by Gasteiger charge is 2.22. The van der Waals surface area contributed by atoms with Crippen molar-refractivity contribution in [1.29, 1.82) is 0 Å². The lowest BCUT2D eigenvalue weighted by molar-refractivity contribution is 0.0702. The second-order valence-electron chi connectivity index (χ2n) is 6.74. The van der Waals surface area contributed by atoms with Crippen molar-refractivity contribution in [3.05, 3.63) is 45.6 Å². The number of aryl methyl sites for hydroxylation is 1. The largest absolute Gasteiger partial charge is 0.493 e. The molecule has 3 rings (SSSR count). The first kappa shape index (κ1) is 17.8. The Morgan fingerprint density at radius 2 is 2.00 bits per heavy atom. The van der Waals surface area contributed by atoms with E-state index in [1.54, 1.807) is 7.11 Å². The predicted octanol–water partition coefficient (Wildman–Crippen LogP) is 4.52. The van der Waals surface area contributed by atoms with Crippen LogP contribution in [0, 0.1) is 12.8 Å². The van der Waals surface area contributed by atoms with Gasteiger partial charge in [0.15, 0.2) is 11.5 Å². The van der Waals surface area contributed by atoms with Crippen LogP contribution in [0.2, 0.25) is 0 Å². The van der Waals surface area contributed by atoms with E-state index in [9.17, 15) is 4.79 Å². The number of rotatable bonds is 5. The third-order valence-corrected chi connectivity index (χ3v) is 5.62. The number of piperidine rings is 1. The molecule has 1 aromatic heterocycles. The molecule has 0 atom stereocenters. The van der Waals surface area contributed by atoms with Crippen LogP contribution in [0.25, 0.3) is 0 Å². The molecule has 5 heteroatoms. The van der Waals surface area contributed by atoms with Crippen molar-refractivity contribution in [1.82, 2.24) is 4.90 Å². The first-order valence-corrected chi connectivity index (χ1v) is 9.59. The van der Waals surface area contributed by atoms with Crippen molar-refractivity contribution in [2.24, 2.45) is 5.92 Å². The molecular weight excluding hydrogens is 334 g/mol. The number of amides is 1. The standard InChI is InChI=1S/C20H25NO3S/c1-14-6-8-21(9-7-14)20(22)19-11-16(13-25-19)12-24-17-5-4-15(2)10-18(17)23-3/h4-5,10-11,13-14H,6-9,12H2,1-3H3. The normalized spacial score (nSPS) is 15.2. The second-order valence-corrected chi connectivity index (χ2v) is 7.65. The van der Waals surface area contributed by atoms with Gasteiger partial charge in [-0.25, -0.2) is 0 Å². The number of carbonyl (C=O) groups excluding carboxylic acids is 1. The Bertz CT molecular complexity index is 732. The summed E-state index contributed by atoms with van der Waals surface area (Å²) < 4.78 is 11.2. The van der Waals surface area contributed by atoms with E-state index in [4.69, 9.17) is 9.47 Å². The molecule has 0 spiro atoms. The number of nitrogens with zero attached hydrogens (tertiary/aromatic N) is 1. The summed E-state index contributed by atoms with van der Waals surface area (Å²) in [7, 11) is 1.64. The lowest BCUT2D eigenvalue weighted by Gasteiger charge is -2.29. The van der Waals surface area contributed by atoms with Gasteiger partial charge in [0.05, 0.1) is 12.0 Å². The Labute approximate surface area is 153 Å². The van der Waals surface area contributed by atoms with Crippen LogP contribution in [0.1, 0.15) is 40.6 Å². The molecule has 25 heavy (non-hydrogen) atoms. The van der Waals surface area contributed by atoms with Gasteiger partial charge in [-0.05, 0) is 54.8 Å². The van der Waals surface area contributed by atoms with Crippen molar-refractivity contribution in [3.63, 3.8) is 0 Å². The molecule has 1 aromatic carbocycles. The summed E-state index contributed by atoms with van der Waals surface area (Å²) in [6.45, 7) is 6.43. The Morgan fingerprint density at radius 3 is 2.72 bits per heavy atom. The maximum atomic E-state index is 12.6. The topological polar surface area (TPSA) is 38.8 Å². The van der Waals surface area contributed by atoms with Crippen molar-refractivity contribution in [2.45, 2.75) is 33.3 Å². The summed E-state index contributed by atoms with van der Waals surface area (Å²) in [5, 5.41) is 2.00. The lowest BCUT2D eigenvalue weighted by Crippen LogP contribution is -2.37. The van der Waals surface area contributed by atoms with Crippen LogP contribution < -0.4 is 9.47 Å². The Balaban J connectivity index is 1.61. The average Bonchev–Trinajstić information content (AvgIpc) is 3.09. The number of hydrogen-bond acceptors (Lipinski definition) is 4. The van der Waals surface area contributed by atoms with Crippen LogP contribution in [0.4, 0.5) is 0 Å². The zero-order valence-electron chi connectivity index (χ0n) is 15.1. The summed E-state index contributed by atoms with van der Waals surface area (Å²) in [6, 6.07) is 7.82. The highest BCUT2D eigenvalue weighted by Crippen LogP contribution is 2.29. The summed E-state index contributed by atoms with van der Waals surface area (Å²) in [6.07, 6.45) is 2.20. The molecule has 1 amide bonds. The van der Waals surface area contributed by atoms with Gasteiger partial charge in [0.25, 0.3) is 5.91 Å². The minimum absolute atomic E-state index is 0.149. The summed E-state index contributed by atoms with van der Waals surface area (Å²) in [5.74, 6) is 2.32. The predicted molar refractivity (Wildman–Crippen MR) is 101 cm³/mol. The van der Waals surface area contributed by atoms with Crippen LogP contribution in [0.5, 0.6) is 11.5 Å². The molecule has 2 aromatic rings. The Kier molecular flexibility index (Phi) is 5.63. The highest BCUT2D eigenvalue weighted by atomic mass is 32.1. The van der Waals surface area contributed by atoms with E-state index >= 15 is 0 Å². The second kappa shape index (κ2) is 7.91. The lowest BCUT2D eigenvalue weighted by atomic mass is 9.99. The molecule has 1 aliphatic rings. The molecule has 1 saturated heterocycles. The number of methoxy groups -OCH3 is 1. The Hall–Kier alpha value is -2.01. The summed E-state index contributed by atoms with van der Waals surface area (Å²) in [5.41, 5.74) is 2.14. The molecule has 0 bridgehead atoms. The number of thiophene rings is 1. The van der Waals surface area contributed by atoms with Crippen LogP contribution >= 0.6 is 11.3 Å². The quantitative estimate of drug-likeness (QED) is 0.788. The molecular formula is C20H25NO3S. The number of likely N-dealkylation sites (tertiary alicyclic amines) is 1. The maximum Gasteiger partial charge on any atom is 0.263 e. The maximum absolute atomic E-state index is 12.6. The fourth-order valence-electron chi connectivity index (χ4n) is 2.99. The fourth-order valence-corrected chi connectivity index (χ4v) is 3.85. The van der Waals surface area contributed by atoms with Gasteiger partial charge >= 0.3 is 0 Å². The molecule has 2 heterocycles. The van der Waals surface area contributed by atoms with Crippen molar-refractivity contribution >= 4 is 17.2 Å². The summed E-state index contributed by atoms with van der Waals surface area (Å²) in [4.78, 5) is 15.4. The molecule has 4 nitrogen and oxygen atoms in total. The monoisotopic (exact) mass is 359 g/mol. The number of ether oxygens (including phenoxy) is 2.